The van der Waals surface area contributed by atoms with Crippen LogP contribution in [0, 0.1) is 0 Å². The number of hydrogen-bond acceptors (Lipinski definition) is 2. The summed E-state index contributed by atoms with van der Waals surface area (Å²) in [7, 11) is 0. The first-order valence-corrected chi connectivity index (χ1v) is 12.1. The molecule has 0 fully saturated rings. The van der Waals surface area contributed by atoms with E-state index in [0.29, 0.717) is 6.17 Å². The molecule has 0 saturated heterocycles. The van der Waals surface area contributed by atoms with Gasteiger partial charge in [0.05, 0.1) is 0 Å². The first-order valence-electron chi connectivity index (χ1n) is 12.1. The van der Waals surface area contributed by atoms with E-state index in [0.717, 1.165) is 6.54 Å². The predicted octanol–water partition coefficient (Wildman–Crippen LogP) is 7.71. The van der Waals surface area contributed by atoms with Gasteiger partial charge in [-0.25, -0.2) is 0 Å². The fourth-order valence-corrected chi connectivity index (χ4v) is 4.25. The number of benzene rings is 1. The van der Waals surface area contributed by atoms with E-state index in [4.69, 9.17) is 0 Å². The molecule has 2 rings (SSSR count). The highest BCUT2D eigenvalue weighted by Gasteiger charge is 2.25. The standard InChI is InChI=1S/C26H44N2/c1-3-5-7-9-11-16-20-26-27(21-17-12-10-8-6-4-2)22-23-28(26)24-25-18-14-13-15-19-25/h13-15,18-19,22-23,26H,3-12,16-17,20-21,24H2,1-2H3. The minimum absolute atomic E-state index is 0.557. The van der Waals surface area contributed by atoms with E-state index in [-0.39, 0.29) is 0 Å². The molecule has 28 heavy (non-hydrogen) atoms. The smallest absolute Gasteiger partial charge is 0.101 e. The quantitative estimate of drug-likeness (QED) is 0.269. The van der Waals surface area contributed by atoms with Gasteiger partial charge in [-0.15, -0.1) is 0 Å². The van der Waals surface area contributed by atoms with E-state index < -0.39 is 0 Å². The lowest BCUT2D eigenvalue weighted by molar-refractivity contribution is 0.132. The third-order valence-electron chi connectivity index (χ3n) is 6.01. The molecule has 0 aromatic heterocycles. The molecule has 1 atom stereocenters. The largest absolute Gasteiger partial charge is 0.356 e. The molecule has 0 saturated carbocycles. The van der Waals surface area contributed by atoms with Crippen molar-refractivity contribution in [3.8, 4) is 0 Å². The van der Waals surface area contributed by atoms with Crippen molar-refractivity contribution in [3.63, 3.8) is 0 Å². The summed E-state index contributed by atoms with van der Waals surface area (Å²) in [4.78, 5) is 5.19. The van der Waals surface area contributed by atoms with Gasteiger partial charge in [-0.3, -0.25) is 0 Å². The highest BCUT2D eigenvalue weighted by molar-refractivity contribution is 5.15. The van der Waals surface area contributed by atoms with Crippen LogP contribution >= 0.6 is 0 Å². The maximum absolute atomic E-state index is 2.62. The highest BCUT2D eigenvalue weighted by atomic mass is 15.4. The van der Waals surface area contributed by atoms with E-state index in [1.807, 2.05) is 0 Å². The minimum Gasteiger partial charge on any atom is -0.356 e. The Morgan fingerprint density at radius 1 is 0.643 bits per heavy atom. The molecule has 1 aliphatic heterocycles. The zero-order valence-corrected chi connectivity index (χ0v) is 18.6. The van der Waals surface area contributed by atoms with Crippen molar-refractivity contribution in [3.05, 3.63) is 48.3 Å². The van der Waals surface area contributed by atoms with E-state index in [1.165, 1.54) is 95.6 Å². The molecule has 0 amide bonds. The first kappa shape index (κ1) is 22.8. The second kappa shape index (κ2) is 14.5. The zero-order chi connectivity index (χ0) is 19.9. The Bertz CT molecular complexity index is 510. The topological polar surface area (TPSA) is 6.48 Å². The van der Waals surface area contributed by atoms with Crippen molar-refractivity contribution < 1.29 is 0 Å². The van der Waals surface area contributed by atoms with Crippen molar-refractivity contribution in [2.24, 2.45) is 0 Å². The summed E-state index contributed by atoms with van der Waals surface area (Å²) in [6.07, 6.45) is 23.1. The molecular formula is C26H44N2. The Morgan fingerprint density at radius 3 is 1.89 bits per heavy atom. The van der Waals surface area contributed by atoms with Crippen molar-refractivity contribution in [2.75, 3.05) is 6.54 Å². The van der Waals surface area contributed by atoms with Gasteiger partial charge in [-0.05, 0) is 24.8 Å². The van der Waals surface area contributed by atoms with Gasteiger partial charge < -0.3 is 9.80 Å². The molecule has 0 N–H and O–H groups in total. The maximum atomic E-state index is 2.62. The van der Waals surface area contributed by atoms with Crippen LogP contribution in [0.5, 0.6) is 0 Å². The molecule has 0 spiro atoms. The van der Waals surface area contributed by atoms with Crippen molar-refractivity contribution in [1.29, 1.82) is 0 Å². The highest BCUT2D eigenvalue weighted by Crippen LogP contribution is 2.24. The monoisotopic (exact) mass is 384 g/mol. The van der Waals surface area contributed by atoms with Crippen LogP contribution in [0.25, 0.3) is 0 Å². The van der Waals surface area contributed by atoms with Crippen molar-refractivity contribution >= 4 is 0 Å². The van der Waals surface area contributed by atoms with Crippen LogP contribution in [0.4, 0.5) is 0 Å². The van der Waals surface area contributed by atoms with Gasteiger partial charge in [0.2, 0.25) is 0 Å². The van der Waals surface area contributed by atoms with Gasteiger partial charge in [0, 0.05) is 25.5 Å². The van der Waals surface area contributed by atoms with Gasteiger partial charge in [-0.1, -0.05) is 108 Å². The molecule has 2 heteroatoms. The molecule has 0 radical (unpaired) electrons. The molecule has 1 heterocycles. The third kappa shape index (κ3) is 8.71. The number of nitrogens with zero attached hydrogens (tertiary/aromatic N) is 2. The van der Waals surface area contributed by atoms with Gasteiger partial charge >= 0.3 is 0 Å². The average molecular weight is 385 g/mol. The lowest BCUT2D eigenvalue weighted by atomic mass is 10.1. The molecular weight excluding hydrogens is 340 g/mol. The lowest BCUT2D eigenvalue weighted by Crippen LogP contribution is -2.38. The summed E-state index contributed by atoms with van der Waals surface area (Å²) in [6.45, 7) is 6.84. The molecule has 1 aromatic rings. The van der Waals surface area contributed by atoms with Crippen LogP contribution in [0.3, 0.4) is 0 Å². The van der Waals surface area contributed by atoms with E-state index in [9.17, 15) is 0 Å². The summed E-state index contributed by atoms with van der Waals surface area (Å²) >= 11 is 0. The Labute approximate surface area is 175 Å². The van der Waals surface area contributed by atoms with E-state index in [1.54, 1.807) is 0 Å². The second-order valence-corrected chi connectivity index (χ2v) is 8.50. The van der Waals surface area contributed by atoms with Crippen molar-refractivity contribution in [1.82, 2.24) is 9.80 Å². The predicted molar refractivity (Wildman–Crippen MR) is 123 cm³/mol. The van der Waals surface area contributed by atoms with Gasteiger partial charge in [0.1, 0.15) is 6.17 Å². The Morgan fingerprint density at radius 2 is 1.21 bits per heavy atom. The van der Waals surface area contributed by atoms with Crippen LogP contribution in [0.1, 0.15) is 103 Å². The summed E-state index contributed by atoms with van der Waals surface area (Å²) < 4.78 is 0. The first-order chi connectivity index (χ1) is 13.8. The Hall–Kier alpha value is -1.44. The van der Waals surface area contributed by atoms with Crippen LogP contribution < -0.4 is 0 Å². The van der Waals surface area contributed by atoms with Gasteiger partial charge in [0.25, 0.3) is 0 Å². The fourth-order valence-electron chi connectivity index (χ4n) is 4.25. The Kier molecular flexibility index (Phi) is 11.9. The summed E-state index contributed by atoms with van der Waals surface area (Å²) in [5.74, 6) is 0. The maximum Gasteiger partial charge on any atom is 0.101 e. The molecule has 1 aromatic carbocycles. The van der Waals surface area contributed by atoms with Gasteiger partial charge in [0.15, 0.2) is 0 Å². The molecule has 0 bridgehead atoms. The second-order valence-electron chi connectivity index (χ2n) is 8.50. The minimum atomic E-state index is 0.557. The van der Waals surface area contributed by atoms with E-state index in [2.05, 4.69) is 66.4 Å². The van der Waals surface area contributed by atoms with Crippen LogP contribution in [0.2, 0.25) is 0 Å². The van der Waals surface area contributed by atoms with Crippen LogP contribution in [-0.2, 0) is 6.54 Å². The molecule has 0 aliphatic carbocycles. The number of hydrogen-bond donors (Lipinski definition) is 0. The average Bonchev–Trinajstić information content (AvgIpc) is 3.09. The fraction of sp³-hybridized carbons (Fsp3) is 0.692. The summed E-state index contributed by atoms with van der Waals surface area (Å²) in [6, 6.07) is 10.9. The zero-order valence-electron chi connectivity index (χ0n) is 18.6. The van der Waals surface area contributed by atoms with Gasteiger partial charge in [-0.2, -0.15) is 0 Å². The third-order valence-corrected chi connectivity index (χ3v) is 6.01. The normalized spacial score (nSPS) is 16.3. The number of rotatable bonds is 16. The van der Waals surface area contributed by atoms with Crippen LogP contribution in [-0.4, -0.2) is 22.5 Å². The summed E-state index contributed by atoms with van der Waals surface area (Å²) in [5.41, 5.74) is 1.42. The molecule has 1 unspecified atom stereocenters. The Balaban J connectivity index is 1.79. The lowest BCUT2D eigenvalue weighted by Gasteiger charge is -2.33. The SMILES string of the molecule is CCCCCCCCC1N(CCCCCCCC)C=CN1Cc1ccccc1. The van der Waals surface area contributed by atoms with Crippen LogP contribution in [0.15, 0.2) is 42.7 Å². The summed E-state index contributed by atoms with van der Waals surface area (Å²) in [5, 5.41) is 0. The molecule has 1 aliphatic rings. The van der Waals surface area contributed by atoms with Crippen molar-refractivity contribution in [2.45, 2.75) is 110 Å². The molecule has 2 nitrogen and oxygen atoms in total. The van der Waals surface area contributed by atoms with E-state index >= 15 is 0 Å². The molecule has 158 valence electrons. The number of unbranched alkanes of at least 4 members (excludes halogenated alkanes) is 10.